The summed E-state index contributed by atoms with van der Waals surface area (Å²) in [5.41, 5.74) is 2.45. The second-order valence-corrected chi connectivity index (χ2v) is 7.27. The van der Waals surface area contributed by atoms with Gasteiger partial charge in [0, 0.05) is 42.9 Å². The number of thioether (sulfide) groups is 1. The van der Waals surface area contributed by atoms with E-state index < -0.39 is 0 Å². The van der Waals surface area contributed by atoms with Gasteiger partial charge in [0.15, 0.2) is 0 Å². The quantitative estimate of drug-likeness (QED) is 0.896. The molecule has 2 unspecified atom stereocenters. The summed E-state index contributed by atoms with van der Waals surface area (Å²) >= 11 is 2.10. The van der Waals surface area contributed by atoms with E-state index in [0.29, 0.717) is 0 Å². The van der Waals surface area contributed by atoms with Gasteiger partial charge >= 0.3 is 0 Å². The average Bonchev–Trinajstić information content (AvgIpc) is 2.37. The molecule has 0 amide bonds. The van der Waals surface area contributed by atoms with Crippen LogP contribution in [-0.4, -0.2) is 40.0 Å². The van der Waals surface area contributed by atoms with Gasteiger partial charge < -0.3 is 5.32 Å². The lowest BCUT2D eigenvalue weighted by Gasteiger charge is -2.34. The minimum Gasteiger partial charge on any atom is -0.313 e. The minimum atomic E-state index is 0.733. The number of nitrogens with one attached hydrogen (secondary N) is 1. The maximum absolute atomic E-state index is 4.59. The molecule has 2 atom stereocenters. The molecule has 0 spiro atoms. The first-order valence-electron chi connectivity index (χ1n) is 7.19. The molecular weight excluding hydrogens is 254 g/mol. The van der Waals surface area contributed by atoms with Crippen LogP contribution < -0.4 is 5.32 Å². The summed E-state index contributed by atoms with van der Waals surface area (Å²) in [5, 5.41) is 4.79. The summed E-state index contributed by atoms with van der Waals surface area (Å²) in [6.45, 7) is 12.0. The molecule has 1 fully saturated rings. The van der Waals surface area contributed by atoms with Crippen molar-refractivity contribution >= 4 is 11.8 Å². The highest BCUT2D eigenvalue weighted by molar-refractivity contribution is 8.00. The third kappa shape index (κ3) is 4.79. The van der Waals surface area contributed by atoms with E-state index in [1.807, 2.05) is 6.20 Å². The summed E-state index contributed by atoms with van der Waals surface area (Å²) in [6, 6.07) is 4.36. The van der Waals surface area contributed by atoms with Crippen LogP contribution in [0.3, 0.4) is 0 Å². The smallest absolute Gasteiger partial charge is 0.0544 e. The number of hydrogen-bond acceptors (Lipinski definition) is 4. The van der Waals surface area contributed by atoms with Crippen molar-refractivity contribution in [3.8, 4) is 0 Å². The van der Waals surface area contributed by atoms with Gasteiger partial charge in [0.1, 0.15) is 0 Å². The summed E-state index contributed by atoms with van der Waals surface area (Å²) in [7, 11) is 0. The average molecular weight is 279 g/mol. The maximum Gasteiger partial charge on any atom is 0.0544 e. The Labute approximate surface area is 121 Å². The van der Waals surface area contributed by atoms with Crippen molar-refractivity contribution in [3.63, 3.8) is 0 Å². The second kappa shape index (κ2) is 7.27. The Balaban J connectivity index is 1.88. The molecule has 3 nitrogen and oxygen atoms in total. The van der Waals surface area contributed by atoms with Crippen LogP contribution >= 0.6 is 11.8 Å². The van der Waals surface area contributed by atoms with Crippen LogP contribution in [0.5, 0.6) is 0 Å². The van der Waals surface area contributed by atoms with E-state index in [1.54, 1.807) is 0 Å². The first kappa shape index (κ1) is 14.8. The van der Waals surface area contributed by atoms with Gasteiger partial charge in [0.05, 0.1) is 5.69 Å². The molecule has 1 aliphatic heterocycles. The zero-order valence-electron chi connectivity index (χ0n) is 12.2. The van der Waals surface area contributed by atoms with Crippen molar-refractivity contribution in [2.24, 2.45) is 0 Å². The molecule has 2 heterocycles. The van der Waals surface area contributed by atoms with Crippen LogP contribution in [-0.2, 0) is 13.1 Å². The third-order valence-corrected chi connectivity index (χ3v) is 4.57. The van der Waals surface area contributed by atoms with Crippen molar-refractivity contribution in [2.75, 3.05) is 19.6 Å². The Kier molecular flexibility index (Phi) is 5.67. The number of hydrogen-bond donors (Lipinski definition) is 1. The second-order valence-electron chi connectivity index (χ2n) is 5.39. The topological polar surface area (TPSA) is 28.2 Å². The van der Waals surface area contributed by atoms with Crippen molar-refractivity contribution in [1.82, 2.24) is 15.2 Å². The fraction of sp³-hybridized carbons (Fsp3) is 0.667. The lowest BCUT2D eigenvalue weighted by atomic mass is 10.2. The highest BCUT2D eigenvalue weighted by Crippen LogP contribution is 2.25. The molecule has 1 aromatic rings. The zero-order valence-corrected chi connectivity index (χ0v) is 13.0. The summed E-state index contributed by atoms with van der Waals surface area (Å²) < 4.78 is 0. The molecule has 1 aliphatic rings. The fourth-order valence-electron chi connectivity index (χ4n) is 2.57. The van der Waals surface area contributed by atoms with Gasteiger partial charge in [0.25, 0.3) is 0 Å². The van der Waals surface area contributed by atoms with Gasteiger partial charge in [-0.15, -0.1) is 0 Å². The Morgan fingerprint density at radius 2 is 2.05 bits per heavy atom. The SMILES string of the molecule is CCNCc1ccc(CN2CC(C)SC(C)C2)nc1. The van der Waals surface area contributed by atoms with Crippen LogP contribution in [0.1, 0.15) is 32.0 Å². The van der Waals surface area contributed by atoms with E-state index in [-0.39, 0.29) is 0 Å². The van der Waals surface area contributed by atoms with Crippen LogP contribution in [0.2, 0.25) is 0 Å². The van der Waals surface area contributed by atoms with E-state index in [0.717, 1.165) is 30.1 Å². The lowest BCUT2D eigenvalue weighted by Crippen LogP contribution is -2.39. The number of pyridine rings is 1. The monoisotopic (exact) mass is 279 g/mol. The molecule has 0 aliphatic carbocycles. The lowest BCUT2D eigenvalue weighted by molar-refractivity contribution is 0.260. The van der Waals surface area contributed by atoms with Gasteiger partial charge in [-0.1, -0.05) is 26.8 Å². The number of rotatable bonds is 5. The molecule has 0 aromatic carbocycles. The first-order chi connectivity index (χ1) is 9.17. The van der Waals surface area contributed by atoms with Gasteiger partial charge in [-0.2, -0.15) is 11.8 Å². The molecule has 1 N–H and O–H groups in total. The van der Waals surface area contributed by atoms with E-state index in [9.17, 15) is 0 Å². The molecular formula is C15H25N3S. The van der Waals surface area contributed by atoms with Gasteiger partial charge in [-0.25, -0.2) is 0 Å². The summed E-state index contributed by atoms with van der Waals surface area (Å²) in [5.74, 6) is 0. The van der Waals surface area contributed by atoms with Gasteiger partial charge in [-0.05, 0) is 18.2 Å². The van der Waals surface area contributed by atoms with Gasteiger partial charge in [0.2, 0.25) is 0 Å². The maximum atomic E-state index is 4.59. The van der Waals surface area contributed by atoms with Crippen molar-refractivity contribution in [3.05, 3.63) is 29.6 Å². The highest BCUT2D eigenvalue weighted by atomic mass is 32.2. The minimum absolute atomic E-state index is 0.733. The Hall–Kier alpha value is -0.580. The van der Waals surface area contributed by atoms with Crippen molar-refractivity contribution < 1.29 is 0 Å². The Bertz CT molecular complexity index is 369. The third-order valence-electron chi connectivity index (χ3n) is 3.35. The molecule has 0 bridgehead atoms. The van der Waals surface area contributed by atoms with Crippen LogP contribution in [0.15, 0.2) is 18.3 Å². The molecule has 0 radical (unpaired) electrons. The van der Waals surface area contributed by atoms with Crippen LogP contribution in [0.25, 0.3) is 0 Å². The van der Waals surface area contributed by atoms with E-state index in [4.69, 9.17) is 0 Å². The first-order valence-corrected chi connectivity index (χ1v) is 8.14. The molecule has 0 saturated carbocycles. The Morgan fingerprint density at radius 3 is 2.63 bits per heavy atom. The van der Waals surface area contributed by atoms with Crippen LogP contribution in [0, 0.1) is 0 Å². The van der Waals surface area contributed by atoms with E-state index in [1.165, 1.54) is 24.3 Å². The molecule has 106 valence electrons. The number of aromatic nitrogens is 1. The zero-order chi connectivity index (χ0) is 13.7. The Morgan fingerprint density at radius 1 is 1.32 bits per heavy atom. The predicted molar refractivity (Wildman–Crippen MR) is 83.4 cm³/mol. The molecule has 4 heteroatoms. The predicted octanol–water partition coefficient (Wildman–Crippen LogP) is 2.52. The summed E-state index contributed by atoms with van der Waals surface area (Å²) in [6.07, 6.45) is 2.00. The fourth-order valence-corrected chi connectivity index (χ4v) is 3.95. The summed E-state index contributed by atoms with van der Waals surface area (Å²) in [4.78, 5) is 7.11. The van der Waals surface area contributed by atoms with E-state index >= 15 is 0 Å². The number of nitrogens with zero attached hydrogens (tertiary/aromatic N) is 2. The molecule has 2 rings (SSSR count). The largest absolute Gasteiger partial charge is 0.313 e. The molecule has 1 aromatic heterocycles. The molecule has 1 saturated heterocycles. The normalized spacial score (nSPS) is 24.6. The van der Waals surface area contributed by atoms with Gasteiger partial charge in [-0.3, -0.25) is 9.88 Å². The van der Waals surface area contributed by atoms with E-state index in [2.05, 4.69) is 59.9 Å². The molecule has 19 heavy (non-hydrogen) atoms. The van der Waals surface area contributed by atoms with Crippen molar-refractivity contribution in [2.45, 2.75) is 44.4 Å². The highest BCUT2D eigenvalue weighted by Gasteiger charge is 2.22. The van der Waals surface area contributed by atoms with Crippen molar-refractivity contribution in [1.29, 1.82) is 0 Å². The standard InChI is InChI=1S/C15H25N3S/c1-4-16-7-14-5-6-15(17-8-14)11-18-9-12(2)19-13(3)10-18/h5-6,8,12-13,16H,4,7,9-11H2,1-3H3. The van der Waals surface area contributed by atoms with Crippen LogP contribution in [0.4, 0.5) is 0 Å².